The predicted octanol–water partition coefficient (Wildman–Crippen LogP) is 4.99. The summed E-state index contributed by atoms with van der Waals surface area (Å²) in [7, 11) is 0. The van der Waals surface area contributed by atoms with E-state index >= 15 is 0 Å². The zero-order chi connectivity index (χ0) is 16.9. The van der Waals surface area contributed by atoms with Crippen molar-refractivity contribution in [1.82, 2.24) is 10.2 Å². The normalized spacial score (nSPS) is 18.1. The standard InChI is InChI=1S/C17H24BrF3N2/c1-2-3-4-5-16(23-8-6-22-7-9-23)13-10-14(17(19,20)21)12-15(18)11-13/h10-12,16,22H,2-9H2,1H3/t16-/m1/s1. The third kappa shape index (κ3) is 5.47. The summed E-state index contributed by atoms with van der Waals surface area (Å²) >= 11 is 3.25. The molecule has 0 aliphatic carbocycles. The SMILES string of the molecule is CCCCC[C@H](c1cc(Br)cc(C(F)(F)F)c1)N1CCNCC1. The second kappa shape index (κ2) is 8.49. The lowest BCUT2D eigenvalue weighted by Crippen LogP contribution is -2.45. The number of benzene rings is 1. The lowest BCUT2D eigenvalue weighted by atomic mass is 9.96. The Hall–Kier alpha value is -0.590. The van der Waals surface area contributed by atoms with Crippen LogP contribution in [-0.2, 0) is 6.18 Å². The minimum Gasteiger partial charge on any atom is -0.314 e. The number of nitrogens with zero attached hydrogens (tertiary/aromatic N) is 1. The molecule has 1 N–H and O–H groups in total. The molecule has 1 fully saturated rings. The van der Waals surface area contributed by atoms with Gasteiger partial charge in [-0.05, 0) is 30.2 Å². The van der Waals surface area contributed by atoms with Gasteiger partial charge in [0.2, 0.25) is 0 Å². The molecule has 2 rings (SSSR count). The van der Waals surface area contributed by atoms with Gasteiger partial charge < -0.3 is 5.32 Å². The fraction of sp³-hybridized carbons (Fsp3) is 0.647. The monoisotopic (exact) mass is 392 g/mol. The van der Waals surface area contributed by atoms with Gasteiger partial charge in [-0.25, -0.2) is 0 Å². The summed E-state index contributed by atoms with van der Waals surface area (Å²) in [6.07, 6.45) is -0.139. The van der Waals surface area contributed by atoms with E-state index in [9.17, 15) is 13.2 Å². The Balaban J connectivity index is 2.27. The highest BCUT2D eigenvalue weighted by atomic mass is 79.9. The number of nitrogens with one attached hydrogen (secondary N) is 1. The summed E-state index contributed by atoms with van der Waals surface area (Å²) < 4.78 is 39.8. The molecule has 1 aliphatic heterocycles. The molecular weight excluding hydrogens is 369 g/mol. The maximum atomic E-state index is 13.1. The first-order chi connectivity index (χ1) is 10.9. The number of hydrogen-bond donors (Lipinski definition) is 1. The van der Waals surface area contributed by atoms with Crippen molar-refractivity contribution in [2.45, 2.75) is 44.8 Å². The van der Waals surface area contributed by atoms with Crippen LogP contribution in [0, 0.1) is 0 Å². The Labute approximate surface area is 144 Å². The maximum absolute atomic E-state index is 13.1. The van der Waals surface area contributed by atoms with Gasteiger partial charge in [0.15, 0.2) is 0 Å². The van der Waals surface area contributed by atoms with E-state index in [0.29, 0.717) is 4.47 Å². The molecule has 0 radical (unpaired) electrons. The molecule has 0 spiro atoms. The molecule has 1 heterocycles. The number of piperazine rings is 1. The Morgan fingerprint density at radius 3 is 2.48 bits per heavy atom. The predicted molar refractivity (Wildman–Crippen MR) is 90.5 cm³/mol. The lowest BCUT2D eigenvalue weighted by molar-refractivity contribution is -0.137. The van der Waals surface area contributed by atoms with Gasteiger partial charge in [-0.2, -0.15) is 13.2 Å². The number of rotatable bonds is 6. The van der Waals surface area contributed by atoms with Crippen LogP contribution in [-0.4, -0.2) is 31.1 Å². The van der Waals surface area contributed by atoms with Crippen LogP contribution in [0.1, 0.15) is 49.8 Å². The first-order valence-electron chi connectivity index (χ1n) is 8.24. The van der Waals surface area contributed by atoms with Crippen LogP contribution < -0.4 is 5.32 Å². The quantitative estimate of drug-likeness (QED) is 0.685. The van der Waals surface area contributed by atoms with E-state index in [-0.39, 0.29) is 6.04 Å². The van der Waals surface area contributed by atoms with Gasteiger partial charge in [-0.1, -0.05) is 42.1 Å². The molecule has 6 heteroatoms. The highest BCUT2D eigenvalue weighted by molar-refractivity contribution is 9.10. The lowest BCUT2D eigenvalue weighted by Gasteiger charge is -2.35. The highest BCUT2D eigenvalue weighted by Crippen LogP contribution is 2.36. The van der Waals surface area contributed by atoms with Crippen molar-refractivity contribution < 1.29 is 13.2 Å². The van der Waals surface area contributed by atoms with Gasteiger partial charge in [-0.3, -0.25) is 4.90 Å². The summed E-state index contributed by atoms with van der Waals surface area (Å²) in [5.74, 6) is 0. The summed E-state index contributed by atoms with van der Waals surface area (Å²) in [5.41, 5.74) is 0.196. The highest BCUT2D eigenvalue weighted by Gasteiger charge is 2.32. The van der Waals surface area contributed by atoms with E-state index < -0.39 is 11.7 Å². The van der Waals surface area contributed by atoms with E-state index in [0.717, 1.165) is 63.5 Å². The molecular formula is C17H24BrF3N2. The molecule has 0 saturated carbocycles. The van der Waals surface area contributed by atoms with Gasteiger partial charge >= 0.3 is 6.18 Å². The van der Waals surface area contributed by atoms with Crippen molar-refractivity contribution in [3.63, 3.8) is 0 Å². The van der Waals surface area contributed by atoms with Crippen LogP contribution in [0.3, 0.4) is 0 Å². The zero-order valence-corrected chi connectivity index (χ0v) is 15.0. The van der Waals surface area contributed by atoms with Gasteiger partial charge in [0.05, 0.1) is 5.56 Å². The number of alkyl halides is 3. The van der Waals surface area contributed by atoms with E-state index in [1.807, 2.05) is 6.07 Å². The molecule has 0 unspecified atom stereocenters. The maximum Gasteiger partial charge on any atom is 0.416 e. The third-order valence-electron chi connectivity index (χ3n) is 4.31. The summed E-state index contributed by atoms with van der Waals surface area (Å²) in [6.45, 7) is 5.69. The van der Waals surface area contributed by atoms with Gasteiger partial charge in [0, 0.05) is 36.7 Å². The minimum absolute atomic E-state index is 0.0576. The van der Waals surface area contributed by atoms with E-state index in [4.69, 9.17) is 0 Å². The molecule has 0 aromatic heterocycles. The van der Waals surface area contributed by atoms with Gasteiger partial charge in [-0.15, -0.1) is 0 Å². The van der Waals surface area contributed by atoms with Crippen molar-refractivity contribution >= 4 is 15.9 Å². The van der Waals surface area contributed by atoms with E-state index in [1.54, 1.807) is 0 Å². The Morgan fingerprint density at radius 1 is 1.17 bits per heavy atom. The van der Waals surface area contributed by atoms with Gasteiger partial charge in [0.1, 0.15) is 0 Å². The molecule has 2 nitrogen and oxygen atoms in total. The molecule has 23 heavy (non-hydrogen) atoms. The van der Waals surface area contributed by atoms with Crippen molar-refractivity contribution in [1.29, 1.82) is 0 Å². The molecule has 1 atom stereocenters. The third-order valence-corrected chi connectivity index (χ3v) is 4.76. The van der Waals surface area contributed by atoms with Crippen LogP contribution in [0.15, 0.2) is 22.7 Å². The second-order valence-electron chi connectivity index (χ2n) is 6.07. The number of hydrogen-bond acceptors (Lipinski definition) is 2. The first kappa shape index (κ1) is 18.7. The second-order valence-corrected chi connectivity index (χ2v) is 6.98. The zero-order valence-electron chi connectivity index (χ0n) is 13.4. The molecule has 0 amide bonds. The van der Waals surface area contributed by atoms with Gasteiger partial charge in [0.25, 0.3) is 0 Å². The smallest absolute Gasteiger partial charge is 0.314 e. The molecule has 0 bridgehead atoms. The molecule has 1 aliphatic rings. The van der Waals surface area contributed by atoms with Crippen molar-refractivity contribution in [3.05, 3.63) is 33.8 Å². The fourth-order valence-electron chi connectivity index (χ4n) is 3.11. The Morgan fingerprint density at radius 2 is 1.87 bits per heavy atom. The largest absolute Gasteiger partial charge is 0.416 e. The summed E-state index contributed by atoms with van der Waals surface area (Å²) in [4.78, 5) is 2.31. The van der Waals surface area contributed by atoms with E-state index in [2.05, 4.69) is 33.1 Å². The molecule has 1 aromatic rings. The molecule has 1 saturated heterocycles. The molecule has 130 valence electrons. The number of unbranched alkanes of at least 4 members (excludes halogenated alkanes) is 2. The first-order valence-corrected chi connectivity index (χ1v) is 9.03. The van der Waals surface area contributed by atoms with Crippen LogP contribution in [0.2, 0.25) is 0 Å². The van der Waals surface area contributed by atoms with Crippen LogP contribution >= 0.6 is 15.9 Å². The van der Waals surface area contributed by atoms with Crippen molar-refractivity contribution in [3.8, 4) is 0 Å². The van der Waals surface area contributed by atoms with Crippen LogP contribution in [0.4, 0.5) is 13.2 Å². The average Bonchev–Trinajstić information content (AvgIpc) is 2.51. The van der Waals surface area contributed by atoms with E-state index in [1.165, 1.54) is 6.07 Å². The summed E-state index contributed by atoms with van der Waals surface area (Å²) in [6, 6.07) is 4.38. The fourth-order valence-corrected chi connectivity index (χ4v) is 3.62. The molecule has 1 aromatic carbocycles. The Bertz CT molecular complexity index is 499. The Kier molecular flexibility index (Phi) is 6.92. The summed E-state index contributed by atoms with van der Waals surface area (Å²) in [5, 5.41) is 3.30. The topological polar surface area (TPSA) is 15.3 Å². The van der Waals surface area contributed by atoms with Crippen molar-refractivity contribution in [2.75, 3.05) is 26.2 Å². The van der Waals surface area contributed by atoms with Crippen LogP contribution in [0.5, 0.6) is 0 Å². The van der Waals surface area contributed by atoms with Crippen LogP contribution in [0.25, 0.3) is 0 Å². The number of halogens is 4. The average molecular weight is 393 g/mol. The van der Waals surface area contributed by atoms with Crippen molar-refractivity contribution in [2.24, 2.45) is 0 Å². The minimum atomic E-state index is -4.31.